The molecule has 0 radical (unpaired) electrons. The van der Waals surface area contributed by atoms with Crippen LogP contribution in [0.5, 0.6) is 0 Å². The predicted molar refractivity (Wildman–Crippen MR) is 117 cm³/mol. The molecule has 0 bridgehead atoms. The molecule has 1 atom stereocenters. The van der Waals surface area contributed by atoms with E-state index in [1.165, 1.54) is 18.4 Å². The van der Waals surface area contributed by atoms with Crippen molar-refractivity contribution in [1.82, 2.24) is 24.6 Å². The van der Waals surface area contributed by atoms with Crippen LogP contribution in [0.3, 0.4) is 0 Å². The van der Waals surface area contributed by atoms with Crippen LogP contribution in [0.25, 0.3) is 11.1 Å². The smallest absolute Gasteiger partial charge is 0.225 e. The van der Waals surface area contributed by atoms with Crippen molar-refractivity contribution in [2.24, 2.45) is 7.05 Å². The molecular formula is C22H27ClN6. The Morgan fingerprint density at radius 1 is 1.14 bits per heavy atom. The normalized spacial score (nSPS) is 17.4. The van der Waals surface area contributed by atoms with Gasteiger partial charge in [0, 0.05) is 56.2 Å². The highest BCUT2D eigenvalue weighted by molar-refractivity contribution is 6.30. The largest absolute Gasteiger partial charge is 0.347 e. The highest BCUT2D eigenvalue weighted by Crippen LogP contribution is 2.37. The molecule has 1 saturated heterocycles. The average Bonchev–Trinajstić information content (AvgIpc) is 3.16. The van der Waals surface area contributed by atoms with Crippen LogP contribution in [0.15, 0.2) is 42.9 Å². The number of likely N-dealkylation sites (tertiary alicyclic amines) is 1. The zero-order chi connectivity index (χ0) is 20.4. The number of nitrogens with zero attached hydrogens (tertiary/aromatic N) is 6. The lowest BCUT2D eigenvalue weighted by Gasteiger charge is -2.36. The summed E-state index contributed by atoms with van der Waals surface area (Å²) in [7, 11) is 5.90. The first kappa shape index (κ1) is 19.9. The molecule has 0 unspecified atom stereocenters. The second-order valence-corrected chi connectivity index (χ2v) is 8.31. The molecule has 0 aliphatic carbocycles. The molecule has 1 aliphatic heterocycles. The second-order valence-electron chi connectivity index (χ2n) is 7.87. The fourth-order valence-corrected chi connectivity index (χ4v) is 4.08. The lowest BCUT2D eigenvalue weighted by molar-refractivity contribution is 0.137. The van der Waals surface area contributed by atoms with Crippen LogP contribution in [0.4, 0.5) is 5.95 Å². The Morgan fingerprint density at radius 3 is 2.62 bits per heavy atom. The van der Waals surface area contributed by atoms with Crippen molar-refractivity contribution in [1.29, 1.82) is 0 Å². The van der Waals surface area contributed by atoms with Crippen LogP contribution in [0.2, 0.25) is 5.02 Å². The summed E-state index contributed by atoms with van der Waals surface area (Å²) < 4.78 is 1.82. The van der Waals surface area contributed by atoms with Crippen molar-refractivity contribution in [3.05, 3.63) is 59.1 Å². The van der Waals surface area contributed by atoms with E-state index < -0.39 is 0 Å². The van der Waals surface area contributed by atoms with E-state index >= 15 is 0 Å². The van der Waals surface area contributed by atoms with Gasteiger partial charge in [0.2, 0.25) is 5.95 Å². The molecule has 0 saturated carbocycles. The molecule has 3 aromatic rings. The molecule has 6 nitrogen and oxygen atoms in total. The molecule has 152 valence electrons. The first-order chi connectivity index (χ1) is 14.0. The Kier molecular flexibility index (Phi) is 5.83. The third-order valence-electron chi connectivity index (χ3n) is 5.45. The fourth-order valence-electron chi connectivity index (χ4n) is 3.95. The van der Waals surface area contributed by atoms with E-state index in [0.29, 0.717) is 0 Å². The minimum Gasteiger partial charge on any atom is -0.347 e. The Morgan fingerprint density at radius 2 is 1.93 bits per heavy atom. The maximum Gasteiger partial charge on any atom is 0.225 e. The molecule has 1 fully saturated rings. The molecule has 1 aromatic carbocycles. The standard InChI is InChI=1S/C22H27ClN6/c1-27(2)22-24-13-19(17-12-25-28(3)15-17)21(26-22)20-6-4-5-11-29(20)14-16-7-9-18(23)10-8-16/h7-10,12-13,15,20H,4-6,11,14H2,1-3H3/t20-/m1/s1. The SMILES string of the molecule is CN(C)c1ncc(-c2cnn(C)c2)c([C@H]2CCCCN2Cc2ccc(Cl)cc2)n1. The molecule has 2 aromatic heterocycles. The van der Waals surface area contributed by atoms with E-state index in [4.69, 9.17) is 16.6 Å². The predicted octanol–water partition coefficient (Wildman–Crippen LogP) is 4.32. The zero-order valence-electron chi connectivity index (χ0n) is 17.2. The van der Waals surface area contributed by atoms with Gasteiger partial charge in [-0.25, -0.2) is 9.97 Å². The van der Waals surface area contributed by atoms with Gasteiger partial charge in [0.25, 0.3) is 0 Å². The van der Waals surface area contributed by atoms with E-state index in [2.05, 4.69) is 27.1 Å². The molecule has 0 amide bonds. The summed E-state index contributed by atoms with van der Waals surface area (Å²) in [5.74, 6) is 0.740. The van der Waals surface area contributed by atoms with Gasteiger partial charge >= 0.3 is 0 Å². The van der Waals surface area contributed by atoms with Gasteiger partial charge in [-0.05, 0) is 37.1 Å². The second kappa shape index (κ2) is 8.51. The Labute approximate surface area is 177 Å². The number of anilines is 1. The van der Waals surface area contributed by atoms with Gasteiger partial charge in [0.15, 0.2) is 0 Å². The van der Waals surface area contributed by atoms with E-state index in [0.717, 1.165) is 47.3 Å². The highest BCUT2D eigenvalue weighted by atomic mass is 35.5. The van der Waals surface area contributed by atoms with E-state index in [1.807, 2.05) is 61.4 Å². The van der Waals surface area contributed by atoms with Crippen molar-refractivity contribution >= 4 is 17.5 Å². The monoisotopic (exact) mass is 410 g/mol. The number of halogens is 1. The summed E-state index contributed by atoms with van der Waals surface area (Å²) in [5, 5.41) is 5.13. The summed E-state index contributed by atoms with van der Waals surface area (Å²) in [6, 6.07) is 8.40. The highest BCUT2D eigenvalue weighted by Gasteiger charge is 2.28. The zero-order valence-corrected chi connectivity index (χ0v) is 18.0. The molecule has 29 heavy (non-hydrogen) atoms. The number of piperidine rings is 1. The van der Waals surface area contributed by atoms with Crippen LogP contribution in [-0.2, 0) is 13.6 Å². The van der Waals surface area contributed by atoms with Crippen molar-refractivity contribution in [3.8, 4) is 11.1 Å². The molecule has 0 N–H and O–H groups in total. The van der Waals surface area contributed by atoms with Crippen LogP contribution < -0.4 is 4.90 Å². The molecule has 3 heterocycles. The number of rotatable bonds is 5. The topological polar surface area (TPSA) is 50.1 Å². The van der Waals surface area contributed by atoms with Gasteiger partial charge in [0.05, 0.1) is 17.9 Å². The van der Waals surface area contributed by atoms with Gasteiger partial charge in [0.1, 0.15) is 0 Å². The fraction of sp³-hybridized carbons (Fsp3) is 0.409. The summed E-state index contributed by atoms with van der Waals surface area (Å²) in [4.78, 5) is 14.1. The third-order valence-corrected chi connectivity index (χ3v) is 5.70. The minimum absolute atomic E-state index is 0.247. The number of hydrogen-bond donors (Lipinski definition) is 0. The van der Waals surface area contributed by atoms with Gasteiger partial charge in [-0.15, -0.1) is 0 Å². The first-order valence-electron chi connectivity index (χ1n) is 10.0. The van der Waals surface area contributed by atoms with Crippen molar-refractivity contribution in [3.63, 3.8) is 0 Å². The van der Waals surface area contributed by atoms with Crippen LogP contribution in [0.1, 0.15) is 36.6 Å². The number of aryl methyl sites for hydroxylation is 1. The van der Waals surface area contributed by atoms with Crippen molar-refractivity contribution in [2.75, 3.05) is 25.5 Å². The molecule has 1 aliphatic rings. The average molecular weight is 411 g/mol. The Hall–Kier alpha value is -2.44. The summed E-state index contributed by atoms with van der Waals surface area (Å²) >= 11 is 6.07. The Balaban J connectivity index is 1.72. The number of hydrogen-bond acceptors (Lipinski definition) is 5. The molecule has 7 heteroatoms. The maximum absolute atomic E-state index is 6.07. The lowest BCUT2D eigenvalue weighted by Crippen LogP contribution is -2.34. The Bertz CT molecular complexity index is 966. The molecule has 4 rings (SSSR count). The summed E-state index contributed by atoms with van der Waals surface area (Å²) in [6.45, 7) is 1.94. The molecule has 0 spiro atoms. The molecular weight excluding hydrogens is 384 g/mol. The van der Waals surface area contributed by atoms with Crippen molar-refractivity contribution in [2.45, 2.75) is 31.8 Å². The maximum atomic E-state index is 6.07. The van der Waals surface area contributed by atoms with E-state index in [9.17, 15) is 0 Å². The quantitative estimate of drug-likeness (QED) is 0.626. The lowest BCUT2D eigenvalue weighted by atomic mass is 9.94. The third kappa shape index (κ3) is 4.43. The van der Waals surface area contributed by atoms with E-state index in [-0.39, 0.29) is 6.04 Å². The van der Waals surface area contributed by atoms with Gasteiger partial charge in [-0.1, -0.05) is 30.2 Å². The van der Waals surface area contributed by atoms with E-state index in [1.54, 1.807) is 0 Å². The number of aromatic nitrogens is 4. The summed E-state index contributed by atoms with van der Waals surface area (Å²) in [6.07, 6.45) is 9.37. The summed E-state index contributed by atoms with van der Waals surface area (Å²) in [5.41, 5.74) is 4.48. The first-order valence-corrected chi connectivity index (χ1v) is 10.4. The van der Waals surface area contributed by atoms with Crippen LogP contribution in [0, 0.1) is 0 Å². The van der Waals surface area contributed by atoms with Crippen LogP contribution in [-0.4, -0.2) is 45.3 Å². The number of benzene rings is 1. The van der Waals surface area contributed by atoms with Gasteiger partial charge in [-0.2, -0.15) is 5.10 Å². The minimum atomic E-state index is 0.247. The van der Waals surface area contributed by atoms with Crippen LogP contribution >= 0.6 is 11.6 Å². The van der Waals surface area contributed by atoms with Gasteiger partial charge < -0.3 is 4.90 Å². The van der Waals surface area contributed by atoms with Crippen molar-refractivity contribution < 1.29 is 0 Å². The van der Waals surface area contributed by atoms with Gasteiger partial charge in [-0.3, -0.25) is 9.58 Å².